The molecule has 0 saturated carbocycles. The molecule has 98 valence electrons. The SMILES string of the molecule is CSc1c2c(cc3cccc[n+]13)c1ccccc1n2C. The second-order valence-corrected chi connectivity index (χ2v) is 5.78. The number of hydrogen-bond donors (Lipinski definition) is 0. The zero-order valence-corrected chi connectivity index (χ0v) is 12.3. The van der Waals surface area contributed by atoms with E-state index >= 15 is 0 Å². The molecule has 3 heterocycles. The van der Waals surface area contributed by atoms with Crippen LogP contribution in [0.5, 0.6) is 0 Å². The minimum atomic E-state index is 1.24. The van der Waals surface area contributed by atoms with Gasteiger partial charge in [0.1, 0.15) is 5.52 Å². The van der Waals surface area contributed by atoms with Crippen LogP contribution in [0.3, 0.4) is 0 Å². The van der Waals surface area contributed by atoms with Crippen LogP contribution in [0.15, 0.2) is 59.8 Å². The van der Waals surface area contributed by atoms with Crippen molar-refractivity contribution in [2.24, 2.45) is 7.05 Å². The standard InChI is InChI=1S/C17H15N2S/c1-18-15-9-4-3-8-13(15)14-11-12-7-5-6-10-19(12)17(20-2)16(14)18/h3-11H,1-2H3/q+1. The van der Waals surface area contributed by atoms with Gasteiger partial charge in [0, 0.05) is 41.5 Å². The zero-order valence-electron chi connectivity index (χ0n) is 11.5. The largest absolute Gasteiger partial charge is 0.338 e. The Morgan fingerprint density at radius 2 is 1.80 bits per heavy atom. The van der Waals surface area contributed by atoms with E-state index in [0.29, 0.717) is 0 Å². The number of thioether (sulfide) groups is 1. The molecule has 0 unspecified atom stereocenters. The fraction of sp³-hybridized carbons (Fsp3) is 0.118. The highest BCUT2D eigenvalue weighted by molar-refractivity contribution is 7.98. The molecule has 20 heavy (non-hydrogen) atoms. The zero-order chi connectivity index (χ0) is 13.7. The van der Waals surface area contributed by atoms with Crippen LogP contribution in [0.4, 0.5) is 0 Å². The van der Waals surface area contributed by atoms with Crippen molar-refractivity contribution in [1.82, 2.24) is 4.57 Å². The lowest BCUT2D eigenvalue weighted by molar-refractivity contribution is -0.553. The maximum absolute atomic E-state index is 2.30. The van der Waals surface area contributed by atoms with Gasteiger partial charge in [0.15, 0.2) is 6.20 Å². The van der Waals surface area contributed by atoms with Gasteiger partial charge in [-0.2, -0.15) is 4.40 Å². The molecule has 0 amide bonds. The minimum absolute atomic E-state index is 1.24. The lowest BCUT2D eigenvalue weighted by Crippen LogP contribution is -2.24. The lowest BCUT2D eigenvalue weighted by Gasteiger charge is -2.02. The quantitative estimate of drug-likeness (QED) is 0.380. The highest BCUT2D eigenvalue weighted by Crippen LogP contribution is 2.32. The molecule has 0 radical (unpaired) electrons. The molecule has 0 saturated heterocycles. The van der Waals surface area contributed by atoms with Gasteiger partial charge in [0.2, 0.25) is 5.52 Å². The van der Waals surface area contributed by atoms with Crippen LogP contribution in [-0.4, -0.2) is 10.8 Å². The van der Waals surface area contributed by atoms with Gasteiger partial charge >= 0.3 is 0 Å². The first-order valence-electron chi connectivity index (χ1n) is 6.66. The number of rotatable bonds is 1. The Hall–Kier alpha value is -2.00. The molecule has 0 atom stereocenters. The van der Waals surface area contributed by atoms with E-state index in [0.717, 1.165) is 0 Å². The first-order valence-corrected chi connectivity index (χ1v) is 7.88. The monoisotopic (exact) mass is 279 g/mol. The van der Waals surface area contributed by atoms with Crippen molar-refractivity contribution in [3.8, 4) is 0 Å². The van der Waals surface area contributed by atoms with E-state index in [1.54, 1.807) is 11.8 Å². The molecule has 0 spiro atoms. The third-order valence-electron chi connectivity index (χ3n) is 3.94. The molecule has 0 N–H and O–H groups in total. The van der Waals surface area contributed by atoms with Crippen molar-refractivity contribution in [2.75, 3.05) is 6.26 Å². The number of hydrogen-bond acceptors (Lipinski definition) is 1. The van der Waals surface area contributed by atoms with Crippen molar-refractivity contribution in [1.29, 1.82) is 0 Å². The first-order chi connectivity index (χ1) is 9.81. The fourth-order valence-corrected chi connectivity index (χ4v) is 3.85. The normalized spacial score (nSPS) is 11.7. The van der Waals surface area contributed by atoms with Gasteiger partial charge in [-0.15, -0.1) is 0 Å². The lowest BCUT2D eigenvalue weighted by atomic mass is 10.2. The summed E-state index contributed by atoms with van der Waals surface area (Å²) < 4.78 is 4.57. The average molecular weight is 279 g/mol. The van der Waals surface area contributed by atoms with Gasteiger partial charge in [-0.25, -0.2) is 0 Å². The number of benzene rings is 1. The molecular weight excluding hydrogens is 264 g/mol. The summed E-state index contributed by atoms with van der Waals surface area (Å²) in [6.07, 6.45) is 4.28. The number of aryl methyl sites for hydroxylation is 1. The number of nitrogens with zero attached hydrogens (tertiary/aromatic N) is 2. The summed E-state index contributed by atoms with van der Waals surface area (Å²) in [6, 6.07) is 17.3. The van der Waals surface area contributed by atoms with Crippen LogP contribution in [0.2, 0.25) is 0 Å². The molecule has 4 rings (SSSR count). The van der Waals surface area contributed by atoms with Gasteiger partial charge in [-0.1, -0.05) is 30.0 Å². The minimum Gasteiger partial charge on any atom is -0.338 e. The summed E-state index contributed by atoms with van der Waals surface area (Å²) in [7, 11) is 2.15. The van der Waals surface area contributed by atoms with Crippen LogP contribution < -0.4 is 4.40 Å². The Kier molecular flexibility index (Phi) is 2.51. The Balaban J connectivity index is 2.36. The predicted molar refractivity (Wildman–Crippen MR) is 85.4 cm³/mol. The summed E-state index contributed by atoms with van der Waals surface area (Å²) in [5, 5.41) is 3.95. The molecule has 0 bridgehead atoms. The molecule has 0 aliphatic heterocycles. The Bertz CT molecular complexity index is 953. The van der Waals surface area contributed by atoms with E-state index in [1.807, 2.05) is 0 Å². The molecule has 3 heteroatoms. The topological polar surface area (TPSA) is 9.03 Å². The van der Waals surface area contributed by atoms with E-state index in [1.165, 1.54) is 32.3 Å². The maximum Gasteiger partial charge on any atom is 0.270 e. The van der Waals surface area contributed by atoms with Gasteiger partial charge < -0.3 is 4.57 Å². The average Bonchev–Trinajstić information content (AvgIpc) is 2.79. The summed E-state index contributed by atoms with van der Waals surface area (Å²) >= 11 is 1.80. The number of fused-ring (bicyclic) bond motifs is 4. The van der Waals surface area contributed by atoms with E-state index in [-0.39, 0.29) is 0 Å². The van der Waals surface area contributed by atoms with Crippen molar-refractivity contribution in [3.63, 3.8) is 0 Å². The van der Waals surface area contributed by atoms with E-state index in [4.69, 9.17) is 0 Å². The second-order valence-electron chi connectivity index (χ2n) is 4.99. The number of pyridine rings is 2. The summed E-state index contributed by atoms with van der Waals surface area (Å²) in [5.41, 5.74) is 3.83. The number of para-hydroxylation sites is 1. The molecule has 3 aromatic heterocycles. The van der Waals surface area contributed by atoms with E-state index < -0.39 is 0 Å². The molecule has 0 fully saturated rings. The summed E-state index contributed by atoms with van der Waals surface area (Å²) in [6.45, 7) is 0. The predicted octanol–water partition coefficient (Wildman–Crippen LogP) is 3.79. The van der Waals surface area contributed by atoms with Gasteiger partial charge in [-0.05, 0) is 18.4 Å². The van der Waals surface area contributed by atoms with E-state index in [2.05, 4.69) is 77.0 Å². The Labute approximate surface area is 121 Å². The van der Waals surface area contributed by atoms with Crippen molar-refractivity contribution in [3.05, 3.63) is 54.7 Å². The highest BCUT2D eigenvalue weighted by Gasteiger charge is 2.20. The van der Waals surface area contributed by atoms with Crippen molar-refractivity contribution < 1.29 is 4.40 Å². The molecule has 4 aromatic rings. The maximum atomic E-state index is 2.30. The van der Waals surface area contributed by atoms with Gasteiger partial charge in [0.05, 0.1) is 0 Å². The Morgan fingerprint density at radius 1 is 1.00 bits per heavy atom. The van der Waals surface area contributed by atoms with Crippen LogP contribution in [0.1, 0.15) is 0 Å². The third-order valence-corrected chi connectivity index (χ3v) is 4.72. The van der Waals surface area contributed by atoms with Gasteiger partial charge in [0.25, 0.3) is 5.03 Å². The third kappa shape index (κ3) is 1.44. The molecule has 2 nitrogen and oxygen atoms in total. The number of aromatic nitrogens is 2. The summed E-state index contributed by atoms with van der Waals surface area (Å²) in [4.78, 5) is 0. The molecule has 1 aromatic carbocycles. The van der Waals surface area contributed by atoms with Crippen LogP contribution >= 0.6 is 11.8 Å². The van der Waals surface area contributed by atoms with E-state index in [9.17, 15) is 0 Å². The van der Waals surface area contributed by atoms with Crippen molar-refractivity contribution >= 4 is 39.1 Å². The summed E-state index contributed by atoms with van der Waals surface area (Å²) in [5.74, 6) is 0. The fourth-order valence-electron chi connectivity index (χ4n) is 3.04. The molecule has 0 aliphatic rings. The van der Waals surface area contributed by atoms with Crippen molar-refractivity contribution in [2.45, 2.75) is 5.03 Å². The Morgan fingerprint density at radius 3 is 2.65 bits per heavy atom. The van der Waals surface area contributed by atoms with Gasteiger partial charge in [-0.3, -0.25) is 0 Å². The highest BCUT2D eigenvalue weighted by atomic mass is 32.2. The molecular formula is C17H15N2S+. The van der Waals surface area contributed by atoms with Crippen LogP contribution in [0, 0.1) is 0 Å². The van der Waals surface area contributed by atoms with Crippen LogP contribution in [-0.2, 0) is 7.05 Å². The molecule has 0 aliphatic carbocycles. The van der Waals surface area contributed by atoms with Crippen LogP contribution in [0.25, 0.3) is 27.3 Å². The first kappa shape index (κ1) is 11.8. The smallest absolute Gasteiger partial charge is 0.270 e. The second kappa shape index (κ2) is 4.25.